The van der Waals surface area contributed by atoms with Crippen molar-refractivity contribution in [2.24, 2.45) is 0 Å². The van der Waals surface area contributed by atoms with E-state index < -0.39 is 0 Å². The van der Waals surface area contributed by atoms with Crippen LogP contribution >= 0.6 is 23.1 Å². The van der Waals surface area contributed by atoms with Gasteiger partial charge in [0.2, 0.25) is 0 Å². The Labute approximate surface area is 186 Å². The van der Waals surface area contributed by atoms with Gasteiger partial charge in [-0.1, -0.05) is 12.1 Å². The molecule has 0 spiro atoms. The predicted octanol–water partition coefficient (Wildman–Crippen LogP) is 6.38. The fourth-order valence-corrected chi connectivity index (χ4v) is 5.11. The van der Waals surface area contributed by atoms with Crippen molar-refractivity contribution in [3.05, 3.63) is 66.2 Å². The molecule has 0 aliphatic carbocycles. The highest BCUT2D eigenvalue weighted by Crippen LogP contribution is 2.36. The van der Waals surface area contributed by atoms with Crippen LogP contribution in [0.3, 0.4) is 0 Å². The maximum absolute atomic E-state index is 9.61. The van der Waals surface area contributed by atoms with E-state index in [1.54, 1.807) is 17.4 Å². The molecule has 31 heavy (non-hydrogen) atoms. The van der Waals surface area contributed by atoms with E-state index in [0.717, 1.165) is 31.3 Å². The van der Waals surface area contributed by atoms with Gasteiger partial charge in [0.05, 0.1) is 33.4 Å². The van der Waals surface area contributed by atoms with Crippen LogP contribution in [0.2, 0.25) is 0 Å². The Kier molecular flexibility index (Phi) is 5.20. The SMILES string of the molecule is CCOc1ccc2nc(Sc3ccc(/C=C(\C#N)c4nc5ccccc5[nH]4)o3)sc2c1. The number of hydrogen-bond acceptors (Lipinski definition) is 7. The highest BCUT2D eigenvalue weighted by atomic mass is 32.2. The van der Waals surface area contributed by atoms with Gasteiger partial charge in [0.15, 0.2) is 9.43 Å². The number of para-hydroxylation sites is 2. The standard InChI is InChI=1S/C23H16N4O2S2/c1-2-28-15-7-9-19-20(12-15)30-23(27-19)31-21-10-8-16(29-21)11-14(13-24)22-25-17-5-3-4-6-18(17)26-22/h3-12H,2H2,1H3,(H,25,26)/b14-11+. The van der Waals surface area contributed by atoms with Gasteiger partial charge in [0.25, 0.3) is 0 Å². The molecule has 0 saturated heterocycles. The summed E-state index contributed by atoms with van der Waals surface area (Å²) in [5, 5.41) is 10.3. The minimum Gasteiger partial charge on any atom is -0.494 e. The third-order valence-corrected chi connectivity index (χ3v) is 6.49. The molecule has 2 aromatic carbocycles. The predicted molar refractivity (Wildman–Crippen MR) is 123 cm³/mol. The smallest absolute Gasteiger partial charge is 0.167 e. The zero-order chi connectivity index (χ0) is 21.2. The number of H-pyrrole nitrogens is 1. The van der Waals surface area contributed by atoms with Gasteiger partial charge in [0.1, 0.15) is 23.4 Å². The first-order chi connectivity index (χ1) is 15.2. The molecule has 6 nitrogen and oxygen atoms in total. The molecule has 0 aliphatic rings. The first-order valence-corrected chi connectivity index (χ1v) is 11.2. The first-order valence-electron chi connectivity index (χ1n) is 9.60. The summed E-state index contributed by atoms with van der Waals surface area (Å²) in [5.74, 6) is 1.94. The molecule has 1 N–H and O–H groups in total. The molecule has 0 saturated carbocycles. The molecule has 3 aromatic heterocycles. The van der Waals surface area contributed by atoms with Crippen molar-refractivity contribution < 1.29 is 9.15 Å². The number of allylic oxidation sites excluding steroid dienone is 1. The normalized spacial score (nSPS) is 11.8. The van der Waals surface area contributed by atoms with Gasteiger partial charge in [-0.15, -0.1) is 11.3 Å². The van der Waals surface area contributed by atoms with Crippen LogP contribution in [-0.2, 0) is 0 Å². The van der Waals surface area contributed by atoms with E-state index >= 15 is 0 Å². The lowest BCUT2D eigenvalue weighted by Crippen LogP contribution is -1.89. The monoisotopic (exact) mass is 444 g/mol. The Morgan fingerprint density at radius 1 is 1.19 bits per heavy atom. The van der Waals surface area contributed by atoms with Crippen molar-refractivity contribution in [3.63, 3.8) is 0 Å². The number of benzene rings is 2. The minimum absolute atomic E-state index is 0.408. The van der Waals surface area contributed by atoms with Crippen molar-refractivity contribution in [3.8, 4) is 11.8 Å². The summed E-state index contributed by atoms with van der Waals surface area (Å²) in [5.41, 5.74) is 3.04. The highest BCUT2D eigenvalue weighted by molar-refractivity contribution is 8.01. The maximum atomic E-state index is 9.61. The lowest BCUT2D eigenvalue weighted by atomic mass is 10.2. The fourth-order valence-electron chi connectivity index (χ4n) is 3.11. The number of aromatic amines is 1. The van der Waals surface area contributed by atoms with Gasteiger partial charge in [-0.3, -0.25) is 0 Å². The number of hydrogen-bond donors (Lipinski definition) is 1. The molecular formula is C23H16N4O2S2. The zero-order valence-electron chi connectivity index (χ0n) is 16.5. The van der Waals surface area contributed by atoms with Gasteiger partial charge in [-0.2, -0.15) is 5.26 Å². The van der Waals surface area contributed by atoms with E-state index in [1.165, 1.54) is 11.8 Å². The van der Waals surface area contributed by atoms with Crippen LogP contribution in [0.15, 0.2) is 68.4 Å². The van der Waals surface area contributed by atoms with Gasteiger partial charge >= 0.3 is 0 Å². The minimum atomic E-state index is 0.408. The van der Waals surface area contributed by atoms with Crippen molar-refractivity contribution in [2.75, 3.05) is 6.61 Å². The quantitative estimate of drug-likeness (QED) is 0.306. The number of fused-ring (bicyclic) bond motifs is 2. The Morgan fingerprint density at radius 3 is 2.94 bits per heavy atom. The molecule has 0 radical (unpaired) electrons. The average molecular weight is 445 g/mol. The third kappa shape index (κ3) is 4.06. The molecule has 0 amide bonds. The molecule has 8 heteroatoms. The Balaban J connectivity index is 1.38. The second-order valence-corrected chi connectivity index (χ2v) is 8.86. The fraction of sp³-hybridized carbons (Fsp3) is 0.0870. The topological polar surface area (TPSA) is 87.7 Å². The van der Waals surface area contributed by atoms with Crippen LogP contribution in [0.4, 0.5) is 0 Å². The summed E-state index contributed by atoms with van der Waals surface area (Å²) in [7, 11) is 0. The molecule has 0 aliphatic heterocycles. The Morgan fingerprint density at radius 2 is 2.10 bits per heavy atom. The second-order valence-electron chi connectivity index (χ2n) is 6.57. The first kappa shape index (κ1) is 19.4. The van der Waals surface area contributed by atoms with Gasteiger partial charge < -0.3 is 14.1 Å². The molecule has 0 bridgehead atoms. The van der Waals surface area contributed by atoms with E-state index in [-0.39, 0.29) is 0 Å². The highest BCUT2D eigenvalue weighted by Gasteiger charge is 2.12. The number of rotatable bonds is 6. The summed E-state index contributed by atoms with van der Waals surface area (Å²) < 4.78 is 13.4. The molecular weight excluding hydrogens is 428 g/mol. The van der Waals surface area contributed by atoms with Crippen molar-refractivity contribution >= 4 is 56.0 Å². The number of imidazole rings is 1. The van der Waals surface area contributed by atoms with Crippen LogP contribution in [0, 0.1) is 11.3 Å². The van der Waals surface area contributed by atoms with Crippen LogP contribution in [-0.4, -0.2) is 21.6 Å². The number of aromatic nitrogens is 3. The Bertz CT molecular complexity index is 1420. The van der Waals surface area contributed by atoms with Crippen LogP contribution < -0.4 is 4.74 Å². The van der Waals surface area contributed by atoms with E-state index in [2.05, 4.69) is 21.0 Å². The summed E-state index contributed by atoms with van der Waals surface area (Å²) in [6.45, 7) is 2.60. The molecule has 3 heterocycles. The van der Waals surface area contributed by atoms with E-state index in [1.807, 2.05) is 61.5 Å². The maximum Gasteiger partial charge on any atom is 0.167 e. The number of nitriles is 1. The molecule has 5 rings (SSSR count). The summed E-state index contributed by atoms with van der Waals surface area (Å²) in [6.07, 6.45) is 1.69. The summed E-state index contributed by atoms with van der Waals surface area (Å²) in [4.78, 5) is 12.3. The molecule has 0 atom stereocenters. The molecule has 0 unspecified atom stereocenters. The third-order valence-electron chi connectivity index (χ3n) is 4.49. The number of thiazole rings is 1. The van der Waals surface area contributed by atoms with Gasteiger partial charge in [0, 0.05) is 6.08 Å². The summed E-state index contributed by atoms with van der Waals surface area (Å²) >= 11 is 3.04. The van der Waals surface area contributed by atoms with Crippen LogP contribution in [0.25, 0.3) is 32.9 Å². The molecule has 5 aromatic rings. The Hall–Kier alpha value is -3.54. The number of nitrogens with one attached hydrogen (secondary N) is 1. The lowest BCUT2D eigenvalue weighted by Gasteiger charge is -2.00. The van der Waals surface area contributed by atoms with E-state index in [0.29, 0.717) is 28.9 Å². The molecule has 0 fully saturated rings. The van der Waals surface area contributed by atoms with Gasteiger partial charge in [-0.25, -0.2) is 9.97 Å². The van der Waals surface area contributed by atoms with Crippen LogP contribution in [0.5, 0.6) is 5.75 Å². The number of nitrogens with zero attached hydrogens (tertiary/aromatic N) is 3. The number of ether oxygens (including phenoxy) is 1. The van der Waals surface area contributed by atoms with Crippen molar-refractivity contribution in [1.82, 2.24) is 15.0 Å². The van der Waals surface area contributed by atoms with Crippen molar-refractivity contribution in [1.29, 1.82) is 5.26 Å². The van der Waals surface area contributed by atoms with E-state index in [4.69, 9.17) is 9.15 Å². The van der Waals surface area contributed by atoms with E-state index in [9.17, 15) is 5.26 Å². The summed E-state index contributed by atoms with van der Waals surface area (Å²) in [6, 6.07) is 19.5. The van der Waals surface area contributed by atoms with Crippen molar-refractivity contribution in [2.45, 2.75) is 16.4 Å². The molecule has 152 valence electrons. The second kappa shape index (κ2) is 8.30. The van der Waals surface area contributed by atoms with Crippen LogP contribution in [0.1, 0.15) is 18.5 Å². The average Bonchev–Trinajstić information content (AvgIpc) is 3.49. The number of furan rings is 1. The van der Waals surface area contributed by atoms with Gasteiger partial charge in [-0.05, 0) is 61.2 Å². The lowest BCUT2D eigenvalue weighted by molar-refractivity contribution is 0.341. The zero-order valence-corrected chi connectivity index (χ0v) is 18.1. The largest absolute Gasteiger partial charge is 0.494 e.